The van der Waals surface area contributed by atoms with Gasteiger partial charge in [0.15, 0.2) is 5.82 Å². The number of hydrogen-bond acceptors (Lipinski definition) is 4. The monoisotopic (exact) mass is 331 g/mol. The molecule has 6 nitrogen and oxygen atoms in total. The van der Waals surface area contributed by atoms with Gasteiger partial charge in [-0.25, -0.2) is 4.68 Å². The highest BCUT2D eigenvalue weighted by Crippen LogP contribution is 2.23. The van der Waals surface area contributed by atoms with Crippen LogP contribution >= 0.6 is 11.6 Å². The fourth-order valence-corrected chi connectivity index (χ4v) is 2.55. The maximum Gasteiger partial charge on any atom is 0.255 e. The lowest BCUT2D eigenvalue weighted by atomic mass is 10.1. The van der Waals surface area contributed by atoms with Crippen molar-refractivity contribution in [1.29, 1.82) is 0 Å². The second-order valence-corrected chi connectivity index (χ2v) is 5.92. The molecule has 0 unspecified atom stereocenters. The zero-order valence-corrected chi connectivity index (χ0v) is 14.0. The van der Waals surface area contributed by atoms with Crippen molar-refractivity contribution < 1.29 is 4.79 Å². The normalized spacial score (nSPS) is 13.6. The first-order chi connectivity index (χ1) is 11.0. The summed E-state index contributed by atoms with van der Waals surface area (Å²) >= 11 is 6.10. The van der Waals surface area contributed by atoms with Crippen LogP contribution in [0.1, 0.15) is 25.2 Å². The number of fused-ring (bicyclic) bond motifs is 1. The highest BCUT2D eigenvalue weighted by atomic mass is 35.5. The number of carbonyl (C=O) groups is 1. The van der Waals surface area contributed by atoms with E-state index in [0.717, 1.165) is 23.5 Å². The number of carbonyl (C=O) groups excluding carboxylic acids is 1. The van der Waals surface area contributed by atoms with Gasteiger partial charge in [-0.3, -0.25) is 4.79 Å². The Morgan fingerprint density at radius 1 is 1.43 bits per heavy atom. The molecule has 2 aromatic rings. The lowest BCUT2D eigenvalue weighted by molar-refractivity contribution is -0.113. The number of benzene rings is 1. The van der Waals surface area contributed by atoms with Gasteiger partial charge in [0.2, 0.25) is 5.95 Å². The van der Waals surface area contributed by atoms with Crippen LogP contribution < -0.4 is 10.6 Å². The number of nitrogens with one attached hydrogen (secondary N) is 2. The maximum absolute atomic E-state index is 12.5. The van der Waals surface area contributed by atoms with Gasteiger partial charge in [0.05, 0.1) is 12.1 Å². The molecule has 1 aromatic heterocycles. The zero-order chi connectivity index (χ0) is 16.6. The molecule has 0 fully saturated rings. The highest BCUT2D eigenvalue weighted by molar-refractivity contribution is 6.31. The van der Waals surface area contributed by atoms with Gasteiger partial charge in [0.1, 0.15) is 0 Å². The number of aromatic nitrogens is 3. The summed E-state index contributed by atoms with van der Waals surface area (Å²) < 4.78 is 1.71. The van der Waals surface area contributed by atoms with Crippen molar-refractivity contribution >= 4 is 29.1 Å². The van der Waals surface area contributed by atoms with Crippen molar-refractivity contribution in [3.8, 4) is 0 Å². The van der Waals surface area contributed by atoms with Crippen LogP contribution in [0.5, 0.6) is 0 Å². The van der Waals surface area contributed by atoms with Crippen molar-refractivity contribution in [1.82, 2.24) is 14.8 Å². The molecule has 2 heterocycles. The van der Waals surface area contributed by atoms with Gasteiger partial charge in [-0.2, -0.15) is 10.1 Å². The zero-order valence-electron chi connectivity index (χ0n) is 13.3. The van der Waals surface area contributed by atoms with E-state index in [0.29, 0.717) is 28.8 Å². The minimum absolute atomic E-state index is 0.172. The molecule has 0 bridgehead atoms. The van der Waals surface area contributed by atoms with Crippen LogP contribution in [-0.2, 0) is 17.8 Å². The predicted molar refractivity (Wildman–Crippen MR) is 90.5 cm³/mol. The Labute approximate surface area is 139 Å². The number of allylic oxidation sites excluding steroid dienone is 1. The van der Waals surface area contributed by atoms with E-state index in [9.17, 15) is 4.79 Å². The van der Waals surface area contributed by atoms with Crippen LogP contribution in [-0.4, -0.2) is 20.7 Å². The number of anilines is 2. The molecule has 1 aromatic carbocycles. The van der Waals surface area contributed by atoms with E-state index in [4.69, 9.17) is 11.6 Å². The van der Waals surface area contributed by atoms with E-state index in [1.807, 2.05) is 32.9 Å². The van der Waals surface area contributed by atoms with Gasteiger partial charge in [0, 0.05) is 22.8 Å². The van der Waals surface area contributed by atoms with Gasteiger partial charge < -0.3 is 10.6 Å². The van der Waals surface area contributed by atoms with E-state index in [1.165, 1.54) is 0 Å². The summed E-state index contributed by atoms with van der Waals surface area (Å²) in [5, 5.41) is 11.0. The molecule has 7 heteroatoms. The number of rotatable bonds is 3. The third-order valence-corrected chi connectivity index (χ3v) is 4.20. The lowest BCUT2D eigenvalue weighted by Crippen LogP contribution is -2.26. The second kappa shape index (κ2) is 6.04. The Balaban J connectivity index is 1.80. The van der Waals surface area contributed by atoms with Crippen molar-refractivity contribution in [2.75, 3.05) is 10.6 Å². The Bertz CT molecular complexity index is 809. The second-order valence-electron chi connectivity index (χ2n) is 5.51. The molecule has 0 atom stereocenters. The molecular weight excluding hydrogens is 314 g/mol. The topological polar surface area (TPSA) is 71.8 Å². The van der Waals surface area contributed by atoms with Gasteiger partial charge in [-0.15, -0.1) is 0 Å². The van der Waals surface area contributed by atoms with E-state index in [1.54, 1.807) is 10.7 Å². The molecule has 2 N–H and O–H groups in total. The van der Waals surface area contributed by atoms with Crippen LogP contribution in [0.25, 0.3) is 0 Å². The smallest absolute Gasteiger partial charge is 0.255 e. The molecule has 0 aliphatic carbocycles. The van der Waals surface area contributed by atoms with Gasteiger partial charge >= 0.3 is 0 Å². The van der Waals surface area contributed by atoms with Crippen LogP contribution in [0.2, 0.25) is 5.02 Å². The molecule has 3 rings (SSSR count). The molecule has 120 valence electrons. The molecule has 0 saturated carbocycles. The first-order valence-electron chi connectivity index (χ1n) is 7.46. The molecule has 0 radical (unpaired) electrons. The average molecular weight is 332 g/mol. The van der Waals surface area contributed by atoms with Crippen LogP contribution in [0.4, 0.5) is 11.6 Å². The van der Waals surface area contributed by atoms with Gasteiger partial charge in [-0.05, 0) is 31.5 Å². The number of nitrogens with zero attached hydrogens (tertiary/aromatic N) is 3. The molecule has 23 heavy (non-hydrogen) atoms. The van der Waals surface area contributed by atoms with Crippen LogP contribution in [0.3, 0.4) is 0 Å². The highest BCUT2D eigenvalue weighted by Gasteiger charge is 2.23. The molecular formula is C16H18ClN5O. The number of aryl methyl sites for hydroxylation is 2. The summed E-state index contributed by atoms with van der Waals surface area (Å²) in [6, 6.07) is 5.46. The van der Waals surface area contributed by atoms with E-state index >= 15 is 0 Å². The fraction of sp³-hybridized carbons (Fsp3) is 0.312. The quantitative estimate of drug-likeness (QED) is 0.906. The summed E-state index contributed by atoms with van der Waals surface area (Å²) in [7, 11) is 0. The van der Waals surface area contributed by atoms with E-state index in [2.05, 4.69) is 20.7 Å². The van der Waals surface area contributed by atoms with E-state index in [-0.39, 0.29) is 5.91 Å². The third-order valence-electron chi connectivity index (χ3n) is 3.80. The fourth-order valence-electron chi connectivity index (χ4n) is 2.37. The Morgan fingerprint density at radius 2 is 2.22 bits per heavy atom. The summed E-state index contributed by atoms with van der Waals surface area (Å²) in [5.74, 6) is 1.26. The Kier molecular flexibility index (Phi) is 4.09. The first kappa shape index (κ1) is 15.6. The average Bonchev–Trinajstić information content (AvgIpc) is 2.92. The Hall–Kier alpha value is -2.34. The molecule has 1 aliphatic rings. The molecule has 1 aliphatic heterocycles. The van der Waals surface area contributed by atoms with Crippen LogP contribution in [0.15, 0.2) is 29.5 Å². The summed E-state index contributed by atoms with van der Waals surface area (Å²) in [4.78, 5) is 16.9. The van der Waals surface area contributed by atoms with Crippen LogP contribution in [0, 0.1) is 6.92 Å². The number of halogens is 1. The Morgan fingerprint density at radius 3 is 2.91 bits per heavy atom. The maximum atomic E-state index is 12.5. The van der Waals surface area contributed by atoms with E-state index < -0.39 is 0 Å². The largest absolute Gasteiger partial charge is 0.328 e. The standard InChI is InChI=1S/C16H18ClN5O/c1-4-14-20-16-18-10(3)12(8-22(16)21-14)15(23)19-11-6-5-9(2)13(17)7-11/h5-7H,4,8H2,1-3H3,(H,19,23)(H,18,20,21). The minimum Gasteiger partial charge on any atom is -0.328 e. The lowest BCUT2D eigenvalue weighted by Gasteiger charge is -2.19. The van der Waals surface area contributed by atoms with Crippen molar-refractivity contribution in [3.63, 3.8) is 0 Å². The number of amides is 1. The molecule has 0 spiro atoms. The van der Waals surface area contributed by atoms with Gasteiger partial charge in [0.25, 0.3) is 5.91 Å². The van der Waals surface area contributed by atoms with Crippen molar-refractivity contribution in [3.05, 3.63) is 45.9 Å². The molecule has 0 saturated heterocycles. The predicted octanol–water partition coefficient (Wildman–Crippen LogP) is 3.14. The molecule has 1 amide bonds. The summed E-state index contributed by atoms with van der Waals surface area (Å²) in [5.41, 5.74) is 3.05. The van der Waals surface area contributed by atoms with Crippen molar-refractivity contribution in [2.45, 2.75) is 33.7 Å². The summed E-state index contributed by atoms with van der Waals surface area (Å²) in [6.07, 6.45) is 0.754. The van der Waals surface area contributed by atoms with Crippen molar-refractivity contribution in [2.24, 2.45) is 0 Å². The van der Waals surface area contributed by atoms with Gasteiger partial charge in [-0.1, -0.05) is 24.6 Å². The summed E-state index contributed by atoms with van der Waals surface area (Å²) in [6.45, 7) is 6.17. The first-order valence-corrected chi connectivity index (χ1v) is 7.83. The number of hydrogen-bond donors (Lipinski definition) is 2. The third kappa shape index (κ3) is 3.07. The SMILES string of the molecule is CCc1nc2n(n1)CC(C(=O)Nc1ccc(C)c(Cl)c1)=C(C)N2. The minimum atomic E-state index is -0.172.